The van der Waals surface area contributed by atoms with Crippen LogP contribution in [0.3, 0.4) is 0 Å². The highest BCUT2D eigenvalue weighted by molar-refractivity contribution is 7.91. The van der Waals surface area contributed by atoms with E-state index in [2.05, 4.69) is 10.3 Å². The number of nitrogens with zero attached hydrogens (tertiary/aromatic N) is 1. The van der Waals surface area contributed by atoms with Gasteiger partial charge in [-0.1, -0.05) is 6.07 Å². The number of nitrogens with one attached hydrogen (secondary N) is 1. The molecular weight excluding hydrogens is 226 g/mol. The summed E-state index contributed by atoms with van der Waals surface area (Å²) in [5.74, 6) is 1.94. The molecule has 0 saturated carbocycles. The Balaban J connectivity index is 1.89. The third-order valence-corrected chi connectivity index (χ3v) is 4.51. The van der Waals surface area contributed by atoms with E-state index in [9.17, 15) is 8.42 Å². The van der Waals surface area contributed by atoms with Gasteiger partial charge in [0.25, 0.3) is 0 Å². The number of pyridine rings is 1. The van der Waals surface area contributed by atoms with E-state index in [1.54, 1.807) is 6.07 Å². The molecule has 6 heteroatoms. The lowest BCUT2D eigenvalue weighted by Gasteiger charge is -2.10. The second-order valence-electron chi connectivity index (χ2n) is 4.10. The van der Waals surface area contributed by atoms with Crippen molar-refractivity contribution in [2.45, 2.75) is 6.42 Å². The first-order valence-electron chi connectivity index (χ1n) is 5.22. The first-order chi connectivity index (χ1) is 7.55. The molecule has 1 aliphatic heterocycles. The fourth-order valence-electron chi connectivity index (χ4n) is 1.83. The second kappa shape index (κ2) is 4.29. The normalized spacial score (nSPS) is 23.1. The molecule has 16 heavy (non-hydrogen) atoms. The fourth-order valence-corrected chi connectivity index (χ4v) is 3.69. The molecule has 2 heterocycles. The molecule has 1 unspecified atom stereocenters. The predicted molar refractivity (Wildman–Crippen MR) is 63.9 cm³/mol. The summed E-state index contributed by atoms with van der Waals surface area (Å²) in [6, 6.07) is 5.35. The van der Waals surface area contributed by atoms with E-state index in [4.69, 9.17) is 5.73 Å². The van der Waals surface area contributed by atoms with Crippen LogP contribution in [0.15, 0.2) is 18.2 Å². The molecule has 5 nitrogen and oxygen atoms in total. The monoisotopic (exact) mass is 241 g/mol. The smallest absolute Gasteiger partial charge is 0.150 e. The molecule has 0 aromatic carbocycles. The molecule has 2 rings (SSSR count). The summed E-state index contributed by atoms with van der Waals surface area (Å²) in [4.78, 5) is 4.09. The minimum atomic E-state index is -2.79. The van der Waals surface area contributed by atoms with Gasteiger partial charge in [-0.05, 0) is 24.5 Å². The Bertz CT molecular complexity index is 473. The summed E-state index contributed by atoms with van der Waals surface area (Å²) in [5, 5.41) is 3.11. The molecule has 0 amide bonds. The molecule has 1 aromatic heterocycles. The van der Waals surface area contributed by atoms with E-state index in [0.29, 0.717) is 23.9 Å². The summed E-state index contributed by atoms with van der Waals surface area (Å²) in [6.07, 6.45) is 0.734. The first-order valence-corrected chi connectivity index (χ1v) is 7.04. The SMILES string of the molecule is Nc1cccc(NCC2CCS(=O)(=O)C2)n1. The zero-order valence-corrected chi connectivity index (χ0v) is 9.70. The zero-order valence-electron chi connectivity index (χ0n) is 8.89. The molecule has 0 radical (unpaired) electrons. The first kappa shape index (κ1) is 11.2. The minimum Gasteiger partial charge on any atom is -0.384 e. The van der Waals surface area contributed by atoms with Crippen LogP contribution in [0.4, 0.5) is 11.6 Å². The summed E-state index contributed by atoms with van der Waals surface area (Å²) < 4.78 is 22.5. The number of anilines is 2. The quantitative estimate of drug-likeness (QED) is 0.805. The number of nitrogen functional groups attached to an aromatic ring is 1. The van der Waals surface area contributed by atoms with Crippen molar-refractivity contribution in [1.29, 1.82) is 0 Å². The number of hydrogen-bond donors (Lipinski definition) is 2. The third-order valence-electron chi connectivity index (χ3n) is 2.67. The Labute approximate surface area is 95.0 Å². The van der Waals surface area contributed by atoms with Gasteiger partial charge in [-0.3, -0.25) is 0 Å². The van der Waals surface area contributed by atoms with Gasteiger partial charge in [0.2, 0.25) is 0 Å². The Kier molecular flexibility index (Phi) is 3.00. The average Bonchev–Trinajstić information content (AvgIpc) is 2.56. The summed E-state index contributed by atoms with van der Waals surface area (Å²) in [6.45, 7) is 0.635. The number of hydrogen-bond acceptors (Lipinski definition) is 5. The molecular formula is C10H15N3O2S. The van der Waals surface area contributed by atoms with Crippen LogP contribution in [0.1, 0.15) is 6.42 Å². The number of nitrogens with two attached hydrogens (primary N) is 1. The van der Waals surface area contributed by atoms with E-state index in [1.807, 2.05) is 12.1 Å². The van der Waals surface area contributed by atoms with E-state index >= 15 is 0 Å². The lowest BCUT2D eigenvalue weighted by atomic mass is 10.1. The van der Waals surface area contributed by atoms with Crippen LogP contribution in [0, 0.1) is 5.92 Å². The summed E-state index contributed by atoms with van der Waals surface area (Å²) >= 11 is 0. The maximum Gasteiger partial charge on any atom is 0.150 e. The van der Waals surface area contributed by atoms with Crippen molar-refractivity contribution in [3.8, 4) is 0 Å². The lowest BCUT2D eigenvalue weighted by molar-refractivity contribution is 0.595. The predicted octanol–water partition coefficient (Wildman–Crippen LogP) is 0.510. The molecule has 1 saturated heterocycles. The van der Waals surface area contributed by atoms with E-state index in [1.165, 1.54) is 0 Å². The Morgan fingerprint density at radius 3 is 2.94 bits per heavy atom. The number of sulfone groups is 1. The molecule has 0 spiro atoms. The molecule has 0 bridgehead atoms. The highest BCUT2D eigenvalue weighted by Gasteiger charge is 2.27. The second-order valence-corrected chi connectivity index (χ2v) is 6.33. The molecule has 3 N–H and O–H groups in total. The van der Waals surface area contributed by atoms with Gasteiger partial charge >= 0.3 is 0 Å². The summed E-state index contributed by atoms with van der Waals surface area (Å²) in [7, 11) is -2.79. The molecule has 1 aromatic rings. The van der Waals surface area contributed by atoms with Gasteiger partial charge in [0.15, 0.2) is 9.84 Å². The van der Waals surface area contributed by atoms with Crippen LogP contribution in [-0.2, 0) is 9.84 Å². The van der Waals surface area contributed by atoms with Crippen LogP contribution < -0.4 is 11.1 Å². The zero-order chi connectivity index (χ0) is 11.6. The van der Waals surface area contributed by atoms with Crippen LogP contribution in [0.5, 0.6) is 0 Å². The highest BCUT2D eigenvalue weighted by atomic mass is 32.2. The van der Waals surface area contributed by atoms with Crippen LogP contribution in [-0.4, -0.2) is 31.5 Å². The van der Waals surface area contributed by atoms with Crippen LogP contribution >= 0.6 is 0 Å². The van der Waals surface area contributed by atoms with Crippen molar-refractivity contribution >= 4 is 21.5 Å². The van der Waals surface area contributed by atoms with Gasteiger partial charge in [-0.25, -0.2) is 13.4 Å². The van der Waals surface area contributed by atoms with Gasteiger partial charge in [-0.2, -0.15) is 0 Å². The van der Waals surface area contributed by atoms with Gasteiger partial charge in [0.05, 0.1) is 11.5 Å². The maximum atomic E-state index is 11.2. The average molecular weight is 241 g/mol. The highest BCUT2D eigenvalue weighted by Crippen LogP contribution is 2.18. The Morgan fingerprint density at radius 2 is 2.31 bits per heavy atom. The minimum absolute atomic E-state index is 0.188. The molecule has 1 fully saturated rings. The van der Waals surface area contributed by atoms with Crippen molar-refractivity contribution in [3.05, 3.63) is 18.2 Å². The fraction of sp³-hybridized carbons (Fsp3) is 0.500. The lowest BCUT2D eigenvalue weighted by Crippen LogP contribution is -2.16. The third kappa shape index (κ3) is 2.85. The van der Waals surface area contributed by atoms with E-state index in [0.717, 1.165) is 6.42 Å². The molecule has 0 aliphatic carbocycles. The van der Waals surface area contributed by atoms with Gasteiger partial charge in [0.1, 0.15) is 11.6 Å². The van der Waals surface area contributed by atoms with Crippen molar-refractivity contribution in [2.75, 3.05) is 29.1 Å². The molecule has 1 aliphatic rings. The standard InChI is InChI=1S/C10H15N3O2S/c11-9-2-1-3-10(13-9)12-6-8-4-5-16(14,15)7-8/h1-3,8H,4-7H2,(H3,11,12,13). The summed E-state index contributed by atoms with van der Waals surface area (Å²) in [5.41, 5.74) is 5.54. The van der Waals surface area contributed by atoms with Crippen LogP contribution in [0.25, 0.3) is 0 Å². The van der Waals surface area contributed by atoms with E-state index in [-0.39, 0.29) is 11.7 Å². The van der Waals surface area contributed by atoms with Crippen molar-refractivity contribution in [1.82, 2.24) is 4.98 Å². The largest absolute Gasteiger partial charge is 0.384 e. The van der Waals surface area contributed by atoms with Crippen molar-refractivity contribution in [2.24, 2.45) is 5.92 Å². The Morgan fingerprint density at radius 1 is 1.50 bits per heavy atom. The number of aromatic nitrogens is 1. The molecule has 1 atom stereocenters. The van der Waals surface area contributed by atoms with Gasteiger partial charge in [-0.15, -0.1) is 0 Å². The Hall–Kier alpha value is -1.30. The van der Waals surface area contributed by atoms with Crippen LogP contribution in [0.2, 0.25) is 0 Å². The topological polar surface area (TPSA) is 85.1 Å². The van der Waals surface area contributed by atoms with Crippen molar-refractivity contribution in [3.63, 3.8) is 0 Å². The number of rotatable bonds is 3. The van der Waals surface area contributed by atoms with Gasteiger partial charge in [0, 0.05) is 6.54 Å². The molecule has 88 valence electrons. The van der Waals surface area contributed by atoms with Crippen molar-refractivity contribution < 1.29 is 8.42 Å². The maximum absolute atomic E-state index is 11.2. The van der Waals surface area contributed by atoms with Gasteiger partial charge < -0.3 is 11.1 Å². The van der Waals surface area contributed by atoms with E-state index < -0.39 is 9.84 Å².